The number of thioether (sulfide) groups is 2. The second-order valence-electron chi connectivity index (χ2n) is 8.32. The lowest BCUT2D eigenvalue weighted by Crippen LogP contribution is -2.71. The number of nitrogens with one attached hydrogen (secondary N) is 1. The molecular weight excluding hydrogens is 520 g/mol. The molecule has 2 aliphatic heterocycles. The summed E-state index contributed by atoms with van der Waals surface area (Å²) < 4.78 is 9.18. The molecule has 0 aliphatic carbocycles. The van der Waals surface area contributed by atoms with Gasteiger partial charge in [0.05, 0.1) is 0 Å². The number of amides is 2. The Morgan fingerprint density at radius 3 is 2.60 bits per heavy atom. The number of fused-ring (bicyclic) bond motifs is 1. The molecule has 0 radical (unpaired) electrons. The van der Waals surface area contributed by atoms with E-state index in [2.05, 4.69) is 19.8 Å². The van der Waals surface area contributed by atoms with E-state index in [1.165, 1.54) is 30.4 Å². The maximum Gasteiger partial charge on any atom is 0.353 e. The summed E-state index contributed by atoms with van der Waals surface area (Å²) in [5.41, 5.74) is 4.38. The average Bonchev–Trinajstić information content (AvgIpc) is 3.20. The van der Waals surface area contributed by atoms with Gasteiger partial charge >= 0.3 is 11.9 Å². The molecule has 2 aliphatic rings. The fourth-order valence-corrected chi connectivity index (χ4v) is 5.71. The van der Waals surface area contributed by atoms with Gasteiger partial charge in [0.1, 0.15) is 22.7 Å². The second-order valence-corrected chi connectivity index (χ2v) is 11.1. The number of oxime groups is 1. The first-order valence-corrected chi connectivity index (χ1v) is 13.2. The summed E-state index contributed by atoms with van der Waals surface area (Å²) in [7, 11) is 0. The van der Waals surface area contributed by atoms with Crippen molar-refractivity contribution in [3.8, 4) is 0 Å². The van der Waals surface area contributed by atoms with Crippen LogP contribution >= 0.6 is 35.1 Å². The minimum absolute atomic E-state index is 0.0651. The van der Waals surface area contributed by atoms with Crippen LogP contribution in [-0.4, -0.2) is 84.0 Å². The molecule has 1 aromatic rings. The number of esters is 1. The molecule has 3 atom stereocenters. The first-order valence-electron chi connectivity index (χ1n) is 10.2. The standard InChI is InChI=1S/C19H24N6O7S3/c1-7(17(30)31-19(2,3)4)32-23-9(12-22-18(20)35-24-12)13(26)21-10-14(27)25-11(16(28)29)8(33-5)6-34-15(10)25/h7,10,15H,6H2,1-5H3,(H,21,26)(H,28,29)(H2,20,22,24)/t7?,10?,15-/m0/s1. The third-order valence-corrected chi connectivity index (χ3v) is 7.41. The third-order valence-electron chi connectivity index (χ3n) is 4.58. The smallest absolute Gasteiger partial charge is 0.353 e. The summed E-state index contributed by atoms with van der Waals surface area (Å²) in [4.78, 5) is 60.6. The minimum Gasteiger partial charge on any atom is -0.477 e. The fourth-order valence-electron chi connectivity index (χ4n) is 3.03. The van der Waals surface area contributed by atoms with Crippen LogP contribution in [0.15, 0.2) is 15.8 Å². The van der Waals surface area contributed by atoms with Crippen LogP contribution in [0.5, 0.6) is 0 Å². The third kappa shape index (κ3) is 5.87. The molecule has 4 N–H and O–H groups in total. The van der Waals surface area contributed by atoms with Crippen molar-refractivity contribution in [3.63, 3.8) is 0 Å². The molecule has 13 nitrogen and oxygen atoms in total. The van der Waals surface area contributed by atoms with E-state index in [4.69, 9.17) is 15.3 Å². The normalized spacial score (nSPS) is 21.1. The highest BCUT2D eigenvalue weighted by molar-refractivity contribution is 8.05. The summed E-state index contributed by atoms with van der Waals surface area (Å²) >= 11 is 3.40. The predicted octanol–water partition coefficient (Wildman–Crippen LogP) is 0.630. The molecule has 1 saturated heterocycles. The van der Waals surface area contributed by atoms with Gasteiger partial charge in [-0.3, -0.25) is 14.5 Å². The zero-order valence-corrected chi connectivity index (χ0v) is 21.9. The number of carbonyl (C=O) groups is 4. The molecule has 3 heterocycles. The number of aromatic nitrogens is 2. The number of hydrogen-bond donors (Lipinski definition) is 3. The van der Waals surface area contributed by atoms with Crippen molar-refractivity contribution in [3.05, 3.63) is 16.4 Å². The van der Waals surface area contributed by atoms with Gasteiger partial charge in [0.15, 0.2) is 5.13 Å². The zero-order valence-electron chi connectivity index (χ0n) is 19.4. The van der Waals surface area contributed by atoms with Crippen LogP contribution < -0.4 is 11.1 Å². The monoisotopic (exact) mass is 544 g/mol. The number of β-lactam (4-membered cyclic amide) rings is 1. The van der Waals surface area contributed by atoms with Crippen LogP contribution in [0.1, 0.15) is 33.5 Å². The minimum atomic E-state index is -1.22. The van der Waals surface area contributed by atoms with Gasteiger partial charge in [-0.1, -0.05) is 5.16 Å². The Labute approximate surface area is 213 Å². The average molecular weight is 545 g/mol. The fraction of sp³-hybridized carbons (Fsp3) is 0.526. The summed E-state index contributed by atoms with van der Waals surface area (Å²) in [5, 5.41) is 15.3. The molecule has 2 amide bonds. The topological polar surface area (TPSA) is 186 Å². The van der Waals surface area contributed by atoms with Crippen LogP contribution in [-0.2, 0) is 28.8 Å². The quantitative estimate of drug-likeness (QED) is 0.180. The number of carbonyl (C=O) groups excluding carboxylic acids is 3. The Kier molecular flexibility index (Phi) is 7.96. The predicted molar refractivity (Wildman–Crippen MR) is 130 cm³/mol. The molecule has 16 heteroatoms. The van der Waals surface area contributed by atoms with Crippen molar-refractivity contribution in [2.24, 2.45) is 5.16 Å². The summed E-state index contributed by atoms with van der Waals surface area (Å²) in [6.07, 6.45) is 0.576. The number of nitrogens with two attached hydrogens (primary N) is 1. The summed E-state index contributed by atoms with van der Waals surface area (Å²) in [6, 6.07) is -1.00. The van der Waals surface area contributed by atoms with Gasteiger partial charge in [0.2, 0.25) is 17.6 Å². The van der Waals surface area contributed by atoms with Crippen LogP contribution in [0.2, 0.25) is 0 Å². The van der Waals surface area contributed by atoms with Crippen LogP contribution in [0.3, 0.4) is 0 Å². The van der Waals surface area contributed by atoms with Gasteiger partial charge in [-0.15, -0.1) is 23.5 Å². The molecule has 2 unspecified atom stereocenters. The van der Waals surface area contributed by atoms with Gasteiger partial charge in [0, 0.05) is 22.2 Å². The van der Waals surface area contributed by atoms with E-state index in [1.807, 2.05) is 0 Å². The number of nitrogen functional groups attached to an aromatic ring is 1. The van der Waals surface area contributed by atoms with Gasteiger partial charge in [-0.2, -0.15) is 9.36 Å². The number of aliphatic carboxylic acids is 1. The van der Waals surface area contributed by atoms with Crippen molar-refractivity contribution < 1.29 is 33.9 Å². The molecule has 3 rings (SSSR count). The van der Waals surface area contributed by atoms with Crippen LogP contribution in [0.25, 0.3) is 0 Å². The van der Waals surface area contributed by atoms with Gasteiger partial charge in [-0.05, 0) is 34.0 Å². The molecule has 35 heavy (non-hydrogen) atoms. The highest BCUT2D eigenvalue weighted by atomic mass is 32.2. The van der Waals surface area contributed by atoms with Crippen LogP contribution in [0.4, 0.5) is 5.13 Å². The molecule has 1 aromatic heterocycles. The number of anilines is 1. The van der Waals surface area contributed by atoms with E-state index in [0.29, 0.717) is 10.7 Å². The highest BCUT2D eigenvalue weighted by Gasteiger charge is 2.54. The Morgan fingerprint density at radius 2 is 2.06 bits per heavy atom. The van der Waals surface area contributed by atoms with Crippen molar-refractivity contribution in [1.29, 1.82) is 0 Å². The molecule has 190 valence electrons. The molecule has 0 aromatic carbocycles. The van der Waals surface area contributed by atoms with E-state index in [0.717, 1.165) is 16.4 Å². The van der Waals surface area contributed by atoms with E-state index in [9.17, 15) is 24.3 Å². The van der Waals surface area contributed by atoms with Gasteiger partial charge in [0.25, 0.3) is 11.8 Å². The maximum atomic E-state index is 13.1. The number of carboxylic acids is 1. The number of ether oxygens (including phenoxy) is 1. The van der Waals surface area contributed by atoms with Crippen molar-refractivity contribution >= 4 is 69.7 Å². The Hall–Kier alpha value is -2.85. The van der Waals surface area contributed by atoms with Crippen molar-refractivity contribution in [2.45, 2.75) is 50.8 Å². The highest BCUT2D eigenvalue weighted by Crippen LogP contribution is 2.42. The molecule has 0 saturated carbocycles. The number of nitrogens with zero attached hydrogens (tertiary/aromatic N) is 4. The summed E-state index contributed by atoms with van der Waals surface area (Å²) in [6.45, 7) is 6.47. The van der Waals surface area contributed by atoms with Gasteiger partial charge < -0.3 is 25.7 Å². The lowest BCUT2D eigenvalue weighted by molar-refractivity contribution is -0.167. The van der Waals surface area contributed by atoms with E-state index < -0.39 is 52.6 Å². The van der Waals surface area contributed by atoms with Crippen molar-refractivity contribution in [1.82, 2.24) is 19.6 Å². The SMILES string of the molecule is CSC1=C(C(=O)O)N2C(=O)C(NC(=O)C(=NOC(C)C(=O)OC(C)(C)C)c3nsc(N)n3)[C@@H]2SC1. The number of carboxylic acid groups (broad SMARTS) is 1. The van der Waals surface area contributed by atoms with Gasteiger partial charge in [-0.25, -0.2) is 9.59 Å². The maximum absolute atomic E-state index is 13.1. The zero-order chi connectivity index (χ0) is 26.1. The van der Waals surface area contributed by atoms with E-state index in [1.54, 1.807) is 27.0 Å². The molecule has 0 bridgehead atoms. The van der Waals surface area contributed by atoms with Crippen LogP contribution in [0, 0.1) is 0 Å². The molecule has 1 fully saturated rings. The Morgan fingerprint density at radius 1 is 1.37 bits per heavy atom. The number of rotatable bonds is 8. The largest absolute Gasteiger partial charge is 0.477 e. The van der Waals surface area contributed by atoms with Crippen molar-refractivity contribution in [2.75, 3.05) is 17.7 Å². The Balaban J connectivity index is 1.78. The number of hydrogen-bond acceptors (Lipinski definition) is 13. The second kappa shape index (κ2) is 10.4. The molecular formula is C19H24N6O7S3. The summed E-state index contributed by atoms with van der Waals surface area (Å²) in [5.74, 6) is -3.12. The first kappa shape index (κ1) is 26.7. The van der Waals surface area contributed by atoms with E-state index in [-0.39, 0.29) is 16.7 Å². The van der Waals surface area contributed by atoms with E-state index >= 15 is 0 Å². The first-order chi connectivity index (χ1) is 16.3. The lowest BCUT2D eigenvalue weighted by atomic mass is 10.0. The lowest BCUT2D eigenvalue weighted by Gasteiger charge is -2.49. The Bertz CT molecular complexity index is 1110. The molecule has 0 spiro atoms.